The van der Waals surface area contributed by atoms with E-state index in [9.17, 15) is 19.7 Å². The van der Waals surface area contributed by atoms with Crippen LogP contribution >= 0.6 is 0 Å². The number of nitro groups is 1. The summed E-state index contributed by atoms with van der Waals surface area (Å²) in [6.07, 6.45) is 0. The number of benzene rings is 2. The Morgan fingerprint density at radius 1 is 1.25 bits per heavy atom. The summed E-state index contributed by atoms with van der Waals surface area (Å²) >= 11 is 0. The standard InChI is InChI=1S/C16H14N2O6/c1-10-3-2-4-12(7-10)17-15(19)9-24-14-6-5-11(16(20)21)8-13(14)18(22)23/h2-8H,9H2,1H3,(H,17,19)(H,20,21). The number of nitrogens with one attached hydrogen (secondary N) is 1. The van der Waals surface area contributed by atoms with Gasteiger partial charge in [0.15, 0.2) is 12.4 Å². The van der Waals surface area contributed by atoms with Crippen molar-refractivity contribution in [3.63, 3.8) is 0 Å². The summed E-state index contributed by atoms with van der Waals surface area (Å²) in [5, 5.41) is 22.5. The number of aromatic carboxylic acids is 1. The van der Waals surface area contributed by atoms with Crippen LogP contribution in [0.1, 0.15) is 15.9 Å². The largest absolute Gasteiger partial charge is 0.478 e. The van der Waals surface area contributed by atoms with Crippen molar-refractivity contribution < 1.29 is 24.4 Å². The van der Waals surface area contributed by atoms with Crippen LogP contribution in [0.15, 0.2) is 42.5 Å². The number of amides is 1. The summed E-state index contributed by atoms with van der Waals surface area (Å²) in [5.74, 6) is -1.96. The van der Waals surface area contributed by atoms with Gasteiger partial charge in [-0.3, -0.25) is 14.9 Å². The fourth-order valence-corrected chi connectivity index (χ4v) is 1.98. The molecule has 8 heteroatoms. The van der Waals surface area contributed by atoms with Gasteiger partial charge in [-0.15, -0.1) is 0 Å². The number of hydrogen-bond acceptors (Lipinski definition) is 5. The maximum atomic E-state index is 11.9. The van der Waals surface area contributed by atoms with E-state index in [0.29, 0.717) is 5.69 Å². The molecule has 0 atom stereocenters. The molecule has 2 aromatic carbocycles. The molecule has 0 aliphatic carbocycles. The fraction of sp³-hybridized carbons (Fsp3) is 0.125. The van der Waals surface area contributed by atoms with Gasteiger partial charge in [0.2, 0.25) is 0 Å². The van der Waals surface area contributed by atoms with E-state index in [2.05, 4.69) is 5.32 Å². The minimum Gasteiger partial charge on any atom is -0.478 e. The lowest BCUT2D eigenvalue weighted by Crippen LogP contribution is -2.20. The highest BCUT2D eigenvalue weighted by molar-refractivity contribution is 5.92. The Morgan fingerprint density at radius 2 is 2.00 bits per heavy atom. The molecule has 8 nitrogen and oxygen atoms in total. The number of carbonyl (C=O) groups excluding carboxylic acids is 1. The van der Waals surface area contributed by atoms with Gasteiger partial charge in [0.25, 0.3) is 5.91 Å². The molecule has 2 N–H and O–H groups in total. The van der Waals surface area contributed by atoms with E-state index in [1.165, 1.54) is 6.07 Å². The van der Waals surface area contributed by atoms with Crippen LogP contribution in [-0.4, -0.2) is 28.5 Å². The molecule has 0 bridgehead atoms. The number of carbonyl (C=O) groups is 2. The molecule has 2 aromatic rings. The predicted octanol–water partition coefficient (Wildman–Crippen LogP) is 2.62. The van der Waals surface area contributed by atoms with Crippen molar-refractivity contribution in [3.05, 3.63) is 63.7 Å². The number of hydrogen-bond donors (Lipinski definition) is 2. The van der Waals surface area contributed by atoms with Crippen molar-refractivity contribution >= 4 is 23.3 Å². The minimum atomic E-state index is -1.29. The molecule has 124 valence electrons. The van der Waals surface area contributed by atoms with E-state index in [1.54, 1.807) is 18.2 Å². The zero-order chi connectivity index (χ0) is 17.7. The Labute approximate surface area is 136 Å². The third kappa shape index (κ3) is 4.29. The lowest BCUT2D eigenvalue weighted by atomic mass is 10.2. The van der Waals surface area contributed by atoms with Crippen molar-refractivity contribution in [3.8, 4) is 5.75 Å². The van der Waals surface area contributed by atoms with Crippen molar-refractivity contribution in [2.45, 2.75) is 6.92 Å². The zero-order valence-corrected chi connectivity index (χ0v) is 12.7. The Bertz CT molecular complexity index is 803. The first-order valence-corrected chi connectivity index (χ1v) is 6.88. The smallest absolute Gasteiger partial charge is 0.335 e. The number of nitrogens with zero attached hydrogens (tertiary/aromatic N) is 1. The van der Waals surface area contributed by atoms with Crippen LogP contribution in [0.2, 0.25) is 0 Å². The average molecular weight is 330 g/mol. The highest BCUT2D eigenvalue weighted by Gasteiger charge is 2.19. The van der Waals surface area contributed by atoms with Crippen LogP contribution < -0.4 is 10.1 Å². The van der Waals surface area contributed by atoms with Gasteiger partial charge in [-0.05, 0) is 36.8 Å². The highest BCUT2D eigenvalue weighted by Crippen LogP contribution is 2.28. The van der Waals surface area contributed by atoms with Gasteiger partial charge in [-0.2, -0.15) is 0 Å². The SMILES string of the molecule is Cc1cccc(NC(=O)COc2ccc(C(=O)O)cc2[N+](=O)[O-])c1. The molecular weight excluding hydrogens is 316 g/mol. The molecule has 0 spiro atoms. The lowest BCUT2D eigenvalue weighted by molar-refractivity contribution is -0.385. The van der Waals surface area contributed by atoms with E-state index in [4.69, 9.17) is 9.84 Å². The Hall–Kier alpha value is -3.42. The molecule has 0 saturated heterocycles. The monoisotopic (exact) mass is 330 g/mol. The summed E-state index contributed by atoms with van der Waals surface area (Å²) in [7, 11) is 0. The van der Waals surface area contributed by atoms with Gasteiger partial charge in [0.05, 0.1) is 10.5 Å². The molecule has 0 radical (unpaired) electrons. The third-order valence-corrected chi connectivity index (χ3v) is 3.06. The van der Waals surface area contributed by atoms with E-state index in [1.807, 2.05) is 13.0 Å². The first-order valence-electron chi connectivity index (χ1n) is 6.88. The van der Waals surface area contributed by atoms with E-state index in [0.717, 1.165) is 17.7 Å². The van der Waals surface area contributed by atoms with Crippen LogP contribution in [0.4, 0.5) is 11.4 Å². The van der Waals surface area contributed by atoms with E-state index >= 15 is 0 Å². The molecule has 0 saturated carbocycles. The van der Waals surface area contributed by atoms with Crippen molar-refractivity contribution in [1.29, 1.82) is 0 Å². The van der Waals surface area contributed by atoms with Crippen LogP contribution in [-0.2, 0) is 4.79 Å². The molecule has 0 aromatic heterocycles. The summed E-state index contributed by atoms with van der Waals surface area (Å²) in [4.78, 5) is 32.9. The second-order valence-corrected chi connectivity index (χ2v) is 4.95. The van der Waals surface area contributed by atoms with Crippen LogP contribution in [0, 0.1) is 17.0 Å². The summed E-state index contributed by atoms with van der Waals surface area (Å²) in [6, 6.07) is 10.3. The Balaban J connectivity index is 2.07. The highest BCUT2D eigenvalue weighted by atomic mass is 16.6. The van der Waals surface area contributed by atoms with Gasteiger partial charge >= 0.3 is 11.7 Å². The zero-order valence-electron chi connectivity index (χ0n) is 12.7. The number of anilines is 1. The second kappa shape index (κ2) is 7.23. The molecule has 0 fully saturated rings. The molecule has 0 unspecified atom stereocenters. The fourth-order valence-electron chi connectivity index (χ4n) is 1.98. The van der Waals surface area contributed by atoms with Crippen LogP contribution in [0.3, 0.4) is 0 Å². The van der Waals surface area contributed by atoms with Gasteiger partial charge in [-0.1, -0.05) is 12.1 Å². The predicted molar refractivity (Wildman–Crippen MR) is 85.4 cm³/mol. The van der Waals surface area contributed by atoms with E-state index < -0.39 is 29.1 Å². The van der Waals surface area contributed by atoms with Gasteiger partial charge in [0, 0.05) is 11.8 Å². The van der Waals surface area contributed by atoms with E-state index in [-0.39, 0.29) is 11.3 Å². The lowest BCUT2D eigenvalue weighted by Gasteiger charge is -2.08. The Morgan fingerprint density at radius 3 is 2.62 bits per heavy atom. The van der Waals surface area contributed by atoms with Crippen LogP contribution in [0.25, 0.3) is 0 Å². The van der Waals surface area contributed by atoms with Crippen LogP contribution in [0.5, 0.6) is 5.75 Å². The van der Waals surface area contributed by atoms with Crippen molar-refractivity contribution in [1.82, 2.24) is 0 Å². The second-order valence-electron chi connectivity index (χ2n) is 4.95. The van der Waals surface area contributed by atoms with Crippen molar-refractivity contribution in [2.24, 2.45) is 0 Å². The number of carboxylic acid groups (broad SMARTS) is 1. The van der Waals surface area contributed by atoms with Gasteiger partial charge in [0.1, 0.15) is 0 Å². The summed E-state index contributed by atoms with van der Waals surface area (Å²) in [6.45, 7) is 1.43. The number of aryl methyl sites for hydroxylation is 1. The normalized spacial score (nSPS) is 10.0. The third-order valence-electron chi connectivity index (χ3n) is 3.06. The number of nitro benzene ring substituents is 1. The number of rotatable bonds is 6. The summed E-state index contributed by atoms with van der Waals surface area (Å²) < 4.78 is 5.15. The molecule has 0 heterocycles. The molecule has 2 rings (SSSR count). The molecule has 0 aliphatic rings. The first-order chi connectivity index (χ1) is 11.4. The van der Waals surface area contributed by atoms with Crippen molar-refractivity contribution in [2.75, 3.05) is 11.9 Å². The average Bonchev–Trinajstić information content (AvgIpc) is 2.52. The number of carboxylic acids is 1. The van der Waals surface area contributed by atoms with Gasteiger partial charge < -0.3 is 15.2 Å². The maximum absolute atomic E-state index is 11.9. The minimum absolute atomic E-state index is 0.176. The first kappa shape index (κ1) is 16.9. The maximum Gasteiger partial charge on any atom is 0.335 e. The molecular formula is C16H14N2O6. The topological polar surface area (TPSA) is 119 Å². The summed E-state index contributed by atoms with van der Waals surface area (Å²) in [5.41, 5.74) is 0.796. The molecule has 1 amide bonds. The molecule has 24 heavy (non-hydrogen) atoms. The molecule has 0 aliphatic heterocycles. The number of ether oxygens (including phenoxy) is 1. The quantitative estimate of drug-likeness (QED) is 0.621. The Kier molecular flexibility index (Phi) is 5.10. The van der Waals surface area contributed by atoms with Gasteiger partial charge in [-0.25, -0.2) is 4.79 Å².